The molecular formula is C15H12N2OS2. The number of amides is 1. The predicted molar refractivity (Wildman–Crippen MR) is 84.6 cm³/mol. The standard InChI is InChI=1S/C15H12N2OS2/c1-10-4-2-3-5-12(10)16-14(18)13-9-20-15(17-13)11-6-7-19-8-11/h2-9H,1H3,(H,16,18). The number of carbonyl (C=O) groups excluding carboxylic acids is 1. The van der Waals surface area contributed by atoms with Gasteiger partial charge in [0, 0.05) is 22.0 Å². The van der Waals surface area contributed by atoms with E-state index < -0.39 is 0 Å². The van der Waals surface area contributed by atoms with Crippen molar-refractivity contribution in [2.75, 3.05) is 5.32 Å². The Kier molecular flexibility index (Phi) is 3.62. The van der Waals surface area contributed by atoms with Crippen LogP contribution >= 0.6 is 22.7 Å². The number of thiazole rings is 1. The third-order valence-corrected chi connectivity index (χ3v) is 4.47. The number of rotatable bonds is 3. The van der Waals surface area contributed by atoms with Crippen molar-refractivity contribution in [2.45, 2.75) is 6.92 Å². The minimum Gasteiger partial charge on any atom is -0.320 e. The van der Waals surface area contributed by atoms with Crippen molar-refractivity contribution in [3.05, 3.63) is 57.7 Å². The number of para-hydroxylation sites is 1. The van der Waals surface area contributed by atoms with Crippen molar-refractivity contribution in [1.29, 1.82) is 0 Å². The van der Waals surface area contributed by atoms with Crippen molar-refractivity contribution < 1.29 is 4.79 Å². The number of hydrogen-bond acceptors (Lipinski definition) is 4. The molecule has 3 rings (SSSR count). The zero-order chi connectivity index (χ0) is 13.9. The van der Waals surface area contributed by atoms with Gasteiger partial charge in [-0.15, -0.1) is 11.3 Å². The Bertz CT molecular complexity index is 732. The molecule has 2 aromatic heterocycles. The second-order valence-electron chi connectivity index (χ2n) is 4.32. The van der Waals surface area contributed by atoms with E-state index in [0.717, 1.165) is 21.8 Å². The first kappa shape index (κ1) is 13.0. The number of thiophene rings is 1. The van der Waals surface area contributed by atoms with E-state index in [9.17, 15) is 4.79 Å². The minimum absolute atomic E-state index is 0.169. The van der Waals surface area contributed by atoms with Crippen LogP contribution in [0.15, 0.2) is 46.5 Å². The van der Waals surface area contributed by atoms with Gasteiger partial charge in [0.1, 0.15) is 10.7 Å². The molecule has 20 heavy (non-hydrogen) atoms. The number of anilines is 1. The molecule has 0 fully saturated rings. The summed E-state index contributed by atoms with van der Waals surface area (Å²) < 4.78 is 0. The summed E-state index contributed by atoms with van der Waals surface area (Å²) in [5.74, 6) is -0.169. The molecule has 0 aliphatic carbocycles. The maximum atomic E-state index is 12.2. The molecule has 0 saturated carbocycles. The van der Waals surface area contributed by atoms with E-state index in [2.05, 4.69) is 10.3 Å². The number of nitrogens with one attached hydrogen (secondary N) is 1. The van der Waals surface area contributed by atoms with Crippen LogP contribution in [0.3, 0.4) is 0 Å². The molecule has 0 atom stereocenters. The number of aromatic nitrogens is 1. The molecule has 3 aromatic rings. The maximum Gasteiger partial charge on any atom is 0.275 e. The molecule has 1 aromatic carbocycles. The Morgan fingerprint density at radius 3 is 2.80 bits per heavy atom. The summed E-state index contributed by atoms with van der Waals surface area (Å²) >= 11 is 3.11. The Labute approximate surface area is 124 Å². The molecular weight excluding hydrogens is 288 g/mol. The minimum atomic E-state index is -0.169. The van der Waals surface area contributed by atoms with E-state index in [1.807, 2.05) is 48.0 Å². The zero-order valence-corrected chi connectivity index (χ0v) is 12.4. The number of nitrogens with zero attached hydrogens (tertiary/aromatic N) is 1. The summed E-state index contributed by atoms with van der Waals surface area (Å²) in [5, 5.41) is 9.59. The van der Waals surface area contributed by atoms with Crippen LogP contribution in [-0.4, -0.2) is 10.9 Å². The summed E-state index contributed by atoms with van der Waals surface area (Å²) in [7, 11) is 0. The van der Waals surface area contributed by atoms with Gasteiger partial charge in [-0.3, -0.25) is 4.79 Å². The highest BCUT2D eigenvalue weighted by atomic mass is 32.1. The topological polar surface area (TPSA) is 42.0 Å². The Morgan fingerprint density at radius 1 is 1.20 bits per heavy atom. The molecule has 0 spiro atoms. The SMILES string of the molecule is Cc1ccccc1NC(=O)c1csc(-c2ccsc2)n1. The largest absolute Gasteiger partial charge is 0.320 e. The second-order valence-corrected chi connectivity index (χ2v) is 5.96. The number of hydrogen-bond donors (Lipinski definition) is 1. The van der Waals surface area contributed by atoms with Gasteiger partial charge in [-0.05, 0) is 30.0 Å². The average molecular weight is 300 g/mol. The van der Waals surface area contributed by atoms with Gasteiger partial charge in [-0.25, -0.2) is 4.98 Å². The molecule has 2 heterocycles. The lowest BCUT2D eigenvalue weighted by Gasteiger charge is -2.05. The van der Waals surface area contributed by atoms with Crippen molar-refractivity contribution >= 4 is 34.3 Å². The van der Waals surface area contributed by atoms with E-state index in [0.29, 0.717) is 5.69 Å². The van der Waals surface area contributed by atoms with E-state index in [4.69, 9.17) is 0 Å². The average Bonchev–Trinajstić information content (AvgIpc) is 3.11. The summed E-state index contributed by atoms with van der Waals surface area (Å²) in [6.45, 7) is 1.97. The van der Waals surface area contributed by atoms with Crippen molar-refractivity contribution in [3.8, 4) is 10.6 Å². The summed E-state index contributed by atoms with van der Waals surface area (Å²) in [5.41, 5.74) is 3.38. The smallest absolute Gasteiger partial charge is 0.275 e. The molecule has 1 amide bonds. The van der Waals surface area contributed by atoms with Gasteiger partial charge in [0.05, 0.1) is 0 Å². The normalized spacial score (nSPS) is 10.4. The van der Waals surface area contributed by atoms with Gasteiger partial charge in [0.15, 0.2) is 0 Å². The second kappa shape index (κ2) is 5.56. The van der Waals surface area contributed by atoms with Crippen LogP contribution < -0.4 is 5.32 Å². The van der Waals surface area contributed by atoms with Crippen LogP contribution in [-0.2, 0) is 0 Å². The van der Waals surface area contributed by atoms with Gasteiger partial charge in [0.2, 0.25) is 0 Å². The lowest BCUT2D eigenvalue weighted by atomic mass is 10.2. The lowest BCUT2D eigenvalue weighted by Crippen LogP contribution is -2.13. The maximum absolute atomic E-state index is 12.2. The van der Waals surface area contributed by atoms with Crippen molar-refractivity contribution in [2.24, 2.45) is 0 Å². The highest BCUT2D eigenvalue weighted by Crippen LogP contribution is 2.26. The van der Waals surface area contributed by atoms with Crippen LogP contribution in [0.25, 0.3) is 10.6 Å². The first-order valence-corrected chi connectivity index (χ1v) is 7.91. The quantitative estimate of drug-likeness (QED) is 0.777. The van der Waals surface area contributed by atoms with Crippen LogP contribution in [0, 0.1) is 6.92 Å². The van der Waals surface area contributed by atoms with E-state index in [-0.39, 0.29) is 5.91 Å². The molecule has 0 saturated heterocycles. The third-order valence-electron chi connectivity index (χ3n) is 2.90. The molecule has 0 unspecified atom stereocenters. The zero-order valence-electron chi connectivity index (χ0n) is 10.8. The molecule has 0 radical (unpaired) electrons. The van der Waals surface area contributed by atoms with E-state index in [1.54, 1.807) is 16.7 Å². The molecule has 100 valence electrons. The highest BCUT2D eigenvalue weighted by molar-refractivity contribution is 7.14. The Balaban J connectivity index is 1.80. The van der Waals surface area contributed by atoms with Gasteiger partial charge >= 0.3 is 0 Å². The predicted octanol–water partition coefficient (Wildman–Crippen LogP) is 4.43. The van der Waals surface area contributed by atoms with Gasteiger partial charge in [-0.1, -0.05) is 18.2 Å². The molecule has 1 N–H and O–H groups in total. The van der Waals surface area contributed by atoms with Crippen LogP contribution in [0.5, 0.6) is 0 Å². The molecule has 0 aliphatic heterocycles. The summed E-state index contributed by atoms with van der Waals surface area (Å²) in [4.78, 5) is 16.6. The van der Waals surface area contributed by atoms with Gasteiger partial charge < -0.3 is 5.32 Å². The third kappa shape index (κ3) is 2.64. The van der Waals surface area contributed by atoms with Crippen LogP contribution in [0.2, 0.25) is 0 Å². The van der Waals surface area contributed by atoms with E-state index in [1.165, 1.54) is 11.3 Å². The van der Waals surface area contributed by atoms with E-state index >= 15 is 0 Å². The summed E-state index contributed by atoms with van der Waals surface area (Å²) in [6, 6.07) is 9.71. The number of aryl methyl sites for hydroxylation is 1. The fraction of sp³-hybridized carbons (Fsp3) is 0.0667. The molecule has 5 heteroatoms. The Morgan fingerprint density at radius 2 is 2.05 bits per heavy atom. The first-order valence-electron chi connectivity index (χ1n) is 6.09. The van der Waals surface area contributed by atoms with Crippen molar-refractivity contribution in [3.63, 3.8) is 0 Å². The number of benzene rings is 1. The fourth-order valence-corrected chi connectivity index (χ4v) is 3.31. The molecule has 3 nitrogen and oxygen atoms in total. The van der Waals surface area contributed by atoms with Gasteiger partial charge in [-0.2, -0.15) is 11.3 Å². The molecule has 0 aliphatic rings. The fourth-order valence-electron chi connectivity index (χ4n) is 1.80. The monoisotopic (exact) mass is 300 g/mol. The highest BCUT2D eigenvalue weighted by Gasteiger charge is 2.12. The van der Waals surface area contributed by atoms with Crippen LogP contribution in [0.1, 0.15) is 16.1 Å². The summed E-state index contributed by atoms with van der Waals surface area (Å²) in [6.07, 6.45) is 0. The van der Waals surface area contributed by atoms with Gasteiger partial charge in [0.25, 0.3) is 5.91 Å². The first-order chi connectivity index (χ1) is 9.74. The lowest BCUT2D eigenvalue weighted by molar-refractivity contribution is 0.102. The van der Waals surface area contributed by atoms with Crippen LogP contribution in [0.4, 0.5) is 5.69 Å². The molecule has 0 bridgehead atoms. The number of carbonyl (C=O) groups is 1. The van der Waals surface area contributed by atoms with Crippen molar-refractivity contribution in [1.82, 2.24) is 4.98 Å². The Hall–Kier alpha value is -1.98.